The molecule has 0 N–H and O–H groups in total. The first-order chi connectivity index (χ1) is 11.0. The van der Waals surface area contributed by atoms with Crippen LogP contribution in [0, 0.1) is 10.1 Å². The predicted octanol–water partition coefficient (Wildman–Crippen LogP) is 5.75. The molecule has 0 heterocycles. The van der Waals surface area contributed by atoms with E-state index in [9.17, 15) is 14.9 Å². The summed E-state index contributed by atoms with van der Waals surface area (Å²) in [4.78, 5) is 22.8. The molecule has 0 bridgehead atoms. The Hall–Kier alpha value is -2.05. The Labute approximate surface area is 148 Å². The molecule has 3 rings (SSSR count). The number of nitro groups is 1. The predicted molar refractivity (Wildman–Crippen MR) is 96.8 cm³/mol. The number of nitrogens with zero attached hydrogens (tertiary/aromatic N) is 1. The second-order valence-electron chi connectivity index (χ2n) is 4.90. The lowest BCUT2D eigenvalue weighted by Crippen LogP contribution is -1.98. The summed E-state index contributed by atoms with van der Waals surface area (Å²) < 4.78 is 1.57. The van der Waals surface area contributed by atoms with Gasteiger partial charge in [-0.15, -0.1) is 0 Å². The summed E-state index contributed by atoms with van der Waals surface area (Å²) in [6, 6.07) is 14.0. The third-order valence-corrected chi connectivity index (χ3v) is 4.82. The van der Waals surface area contributed by atoms with Crippen molar-refractivity contribution in [2.75, 3.05) is 0 Å². The van der Waals surface area contributed by atoms with E-state index < -0.39 is 4.92 Å². The molecular formula is C17H9Br2NO3. The summed E-state index contributed by atoms with van der Waals surface area (Å²) in [6.45, 7) is 0. The largest absolute Gasteiger partial charge is 0.298 e. The van der Waals surface area contributed by atoms with Crippen LogP contribution in [0.2, 0.25) is 0 Å². The number of hydrogen-bond donors (Lipinski definition) is 0. The number of rotatable bonds is 3. The third kappa shape index (κ3) is 2.80. The van der Waals surface area contributed by atoms with E-state index in [1.807, 2.05) is 0 Å². The van der Waals surface area contributed by atoms with Crippen molar-refractivity contribution in [2.45, 2.75) is 0 Å². The van der Waals surface area contributed by atoms with E-state index in [1.54, 1.807) is 42.5 Å². The molecule has 0 radical (unpaired) electrons. The molecule has 114 valence electrons. The van der Waals surface area contributed by atoms with Crippen molar-refractivity contribution in [1.82, 2.24) is 0 Å². The minimum absolute atomic E-state index is 0.0891. The highest BCUT2D eigenvalue weighted by atomic mass is 79.9. The van der Waals surface area contributed by atoms with Crippen molar-refractivity contribution < 1.29 is 9.72 Å². The number of carbonyl (C=O) groups excluding carboxylic acids is 1. The van der Waals surface area contributed by atoms with Crippen molar-refractivity contribution in [1.29, 1.82) is 0 Å². The van der Waals surface area contributed by atoms with Gasteiger partial charge in [-0.2, -0.15) is 0 Å². The molecule has 0 saturated heterocycles. The standard InChI is InChI=1S/C17H9Br2NO3/c18-11-6-4-10(5-7-11)17-14(9-21)12-2-1-3-15(19)13(12)8-16(17)20(22)23/h1-9H. The highest BCUT2D eigenvalue weighted by molar-refractivity contribution is 9.11. The van der Waals surface area contributed by atoms with Crippen LogP contribution in [0.4, 0.5) is 5.69 Å². The Kier molecular flexibility index (Phi) is 4.28. The van der Waals surface area contributed by atoms with Crippen molar-refractivity contribution in [2.24, 2.45) is 0 Å². The molecule has 0 aliphatic heterocycles. The highest BCUT2D eigenvalue weighted by Gasteiger charge is 2.23. The van der Waals surface area contributed by atoms with Crippen molar-refractivity contribution in [3.63, 3.8) is 0 Å². The fourth-order valence-corrected chi connectivity index (χ4v) is 3.33. The van der Waals surface area contributed by atoms with Gasteiger partial charge in [0.1, 0.15) is 0 Å². The van der Waals surface area contributed by atoms with Gasteiger partial charge in [0.25, 0.3) is 5.69 Å². The van der Waals surface area contributed by atoms with Gasteiger partial charge < -0.3 is 0 Å². The van der Waals surface area contributed by atoms with Gasteiger partial charge in [0, 0.05) is 26.0 Å². The lowest BCUT2D eigenvalue weighted by Gasteiger charge is -2.11. The van der Waals surface area contributed by atoms with Gasteiger partial charge in [-0.3, -0.25) is 14.9 Å². The molecule has 6 heteroatoms. The molecule has 3 aromatic rings. The average Bonchev–Trinajstić information content (AvgIpc) is 2.54. The van der Waals surface area contributed by atoms with Gasteiger partial charge in [0.05, 0.1) is 10.5 Å². The number of carbonyl (C=O) groups is 1. The minimum atomic E-state index is -0.455. The molecular weight excluding hydrogens is 426 g/mol. The molecule has 0 fully saturated rings. The summed E-state index contributed by atoms with van der Waals surface area (Å²) in [7, 11) is 0. The fraction of sp³-hybridized carbons (Fsp3) is 0. The number of aldehydes is 1. The Bertz CT molecular complexity index is 937. The maximum absolute atomic E-state index is 11.7. The van der Waals surface area contributed by atoms with Crippen molar-refractivity contribution >= 4 is 54.6 Å². The highest BCUT2D eigenvalue weighted by Crippen LogP contribution is 2.40. The molecule has 23 heavy (non-hydrogen) atoms. The second-order valence-corrected chi connectivity index (χ2v) is 6.67. The van der Waals surface area contributed by atoms with E-state index in [4.69, 9.17) is 0 Å². The van der Waals surface area contributed by atoms with Crippen LogP contribution in [0.1, 0.15) is 10.4 Å². The first-order valence-electron chi connectivity index (χ1n) is 6.63. The molecule has 0 aliphatic carbocycles. The van der Waals surface area contributed by atoms with Crippen LogP contribution in [-0.4, -0.2) is 11.2 Å². The average molecular weight is 435 g/mol. The monoisotopic (exact) mass is 433 g/mol. The maximum atomic E-state index is 11.7. The Morgan fingerprint density at radius 2 is 1.70 bits per heavy atom. The summed E-state index contributed by atoms with van der Waals surface area (Å²) in [5, 5.41) is 12.9. The van der Waals surface area contributed by atoms with E-state index >= 15 is 0 Å². The summed E-state index contributed by atoms with van der Waals surface area (Å²) in [5.41, 5.74) is 1.19. The quantitative estimate of drug-likeness (QED) is 0.299. The summed E-state index contributed by atoms with van der Waals surface area (Å²) >= 11 is 6.73. The van der Waals surface area contributed by atoms with E-state index in [0.717, 1.165) is 4.47 Å². The molecule has 0 atom stereocenters. The lowest BCUT2D eigenvalue weighted by molar-refractivity contribution is -0.384. The second kappa shape index (κ2) is 6.22. The summed E-state index contributed by atoms with van der Waals surface area (Å²) in [5.74, 6) is 0. The zero-order valence-electron chi connectivity index (χ0n) is 11.6. The topological polar surface area (TPSA) is 60.2 Å². The first-order valence-corrected chi connectivity index (χ1v) is 8.22. The lowest BCUT2D eigenvalue weighted by atomic mass is 9.93. The van der Waals surface area contributed by atoms with Crippen molar-refractivity contribution in [3.8, 4) is 11.1 Å². The molecule has 4 nitrogen and oxygen atoms in total. The van der Waals surface area contributed by atoms with E-state index in [-0.39, 0.29) is 5.69 Å². The fourth-order valence-electron chi connectivity index (χ4n) is 2.59. The van der Waals surface area contributed by atoms with Crippen molar-refractivity contribution in [3.05, 3.63) is 73.2 Å². The number of fused-ring (bicyclic) bond motifs is 1. The van der Waals surface area contributed by atoms with Gasteiger partial charge in [-0.1, -0.05) is 56.1 Å². The normalized spacial score (nSPS) is 10.7. The van der Waals surface area contributed by atoms with Gasteiger partial charge in [0.2, 0.25) is 0 Å². The van der Waals surface area contributed by atoms with Gasteiger partial charge >= 0.3 is 0 Å². The number of hydrogen-bond acceptors (Lipinski definition) is 3. The molecule has 0 amide bonds. The van der Waals surface area contributed by atoms with Crippen LogP contribution in [0.5, 0.6) is 0 Å². The smallest absolute Gasteiger partial charge is 0.278 e. The van der Waals surface area contributed by atoms with E-state index in [2.05, 4.69) is 31.9 Å². The number of benzene rings is 3. The third-order valence-electron chi connectivity index (χ3n) is 3.60. The van der Waals surface area contributed by atoms with Gasteiger partial charge in [0.15, 0.2) is 6.29 Å². The van der Waals surface area contributed by atoms with Gasteiger partial charge in [-0.25, -0.2) is 0 Å². The van der Waals surface area contributed by atoms with Crippen LogP contribution in [-0.2, 0) is 0 Å². The first kappa shape index (κ1) is 15.8. The van der Waals surface area contributed by atoms with Crippen LogP contribution in [0.15, 0.2) is 57.5 Å². The van der Waals surface area contributed by atoms with Crippen LogP contribution in [0.25, 0.3) is 21.9 Å². The molecule has 3 aromatic carbocycles. The molecule has 0 saturated carbocycles. The Morgan fingerprint density at radius 3 is 2.30 bits per heavy atom. The van der Waals surface area contributed by atoms with Crippen LogP contribution >= 0.6 is 31.9 Å². The zero-order valence-corrected chi connectivity index (χ0v) is 14.8. The van der Waals surface area contributed by atoms with Gasteiger partial charge in [-0.05, 0) is 29.1 Å². The Morgan fingerprint density at radius 1 is 1.00 bits per heavy atom. The number of halogens is 2. The minimum Gasteiger partial charge on any atom is -0.298 e. The van der Waals surface area contributed by atoms with E-state index in [1.165, 1.54) is 6.07 Å². The Balaban J connectivity index is 2.48. The molecule has 0 spiro atoms. The SMILES string of the molecule is O=Cc1c(-c2ccc(Br)cc2)c([N+](=O)[O-])cc2c(Br)cccc12. The summed E-state index contributed by atoms with van der Waals surface area (Å²) in [6.07, 6.45) is 0.680. The molecule has 0 unspecified atom stereocenters. The number of nitro benzene ring substituents is 1. The molecule has 0 aromatic heterocycles. The zero-order chi connectivity index (χ0) is 16.6. The molecule has 0 aliphatic rings. The maximum Gasteiger partial charge on any atom is 0.278 e. The van der Waals surface area contributed by atoms with Crippen LogP contribution < -0.4 is 0 Å². The van der Waals surface area contributed by atoms with E-state index in [0.29, 0.717) is 38.2 Å². The van der Waals surface area contributed by atoms with Crippen LogP contribution in [0.3, 0.4) is 0 Å².